The van der Waals surface area contributed by atoms with Crippen LogP contribution < -0.4 is 14.8 Å². The number of nitrogens with one attached hydrogen (secondary N) is 2. The van der Waals surface area contributed by atoms with Crippen molar-refractivity contribution in [1.29, 1.82) is 0 Å². The van der Waals surface area contributed by atoms with Gasteiger partial charge in [-0.1, -0.05) is 24.2 Å². The van der Waals surface area contributed by atoms with E-state index in [-0.39, 0.29) is 29.0 Å². The van der Waals surface area contributed by atoms with Crippen LogP contribution in [0.15, 0.2) is 47.6 Å². The molecule has 2 heterocycles. The molecule has 4 rings (SSSR count). The summed E-state index contributed by atoms with van der Waals surface area (Å²) in [4.78, 5) is 21.8. The summed E-state index contributed by atoms with van der Waals surface area (Å²) in [6.07, 6.45) is 7.21. The summed E-state index contributed by atoms with van der Waals surface area (Å²) in [5, 5.41) is 3.45. The van der Waals surface area contributed by atoms with Crippen LogP contribution in [0.1, 0.15) is 36.9 Å². The van der Waals surface area contributed by atoms with Gasteiger partial charge < -0.3 is 10.1 Å². The molecule has 1 saturated carbocycles. The van der Waals surface area contributed by atoms with E-state index in [4.69, 9.17) is 4.74 Å². The first-order valence-corrected chi connectivity index (χ1v) is 13.0. The van der Waals surface area contributed by atoms with Gasteiger partial charge in [0.05, 0.1) is 17.7 Å². The molecular formula is C23H26N4O4S2. The molecule has 0 bridgehead atoms. The standard InChI is InChI=1S/C23H26N4O4S2/c1-15-21(32-23(26-15)27-22(28)17-5-3-4-6-17)18-7-8-19(31-2)20(13-18)33(29,30)25-14-16-9-11-24-12-10-16/h7-13,17,25H,3-6,14H2,1-2H3,(H,26,27,28). The fraction of sp³-hybridized carbons (Fsp3) is 0.348. The largest absolute Gasteiger partial charge is 0.495 e. The molecule has 0 atom stereocenters. The fourth-order valence-corrected chi connectivity index (χ4v) is 6.07. The van der Waals surface area contributed by atoms with Crippen LogP contribution in [0.5, 0.6) is 5.75 Å². The third-order valence-corrected chi connectivity index (χ3v) is 8.23. The number of aromatic nitrogens is 2. The Morgan fingerprint density at radius 3 is 2.61 bits per heavy atom. The maximum atomic E-state index is 13.1. The topological polar surface area (TPSA) is 110 Å². The molecule has 2 N–H and O–H groups in total. The van der Waals surface area contributed by atoms with Crippen molar-refractivity contribution in [3.05, 3.63) is 54.0 Å². The number of sulfonamides is 1. The lowest BCUT2D eigenvalue weighted by Gasteiger charge is -2.12. The highest BCUT2D eigenvalue weighted by molar-refractivity contribution is 7.89. The number of pyridine rings is 1. The predicted molar refractivity (Wildman–Crippen MR) is 128 cm³/mol. The minimum absolute atomic E-state index is 0.00566. The number of methoxy groups -OCH3 is 1. The highest BCUT2D eigenvalue weighted by Crippen LogP contribution is 2.37. The van der Waals surface area contributed by atoms with E-state index in [9.17, 15) is 13.2 Å². The van der Waals surface area contributed by atoms with E-state index in [1.54, 1.807) is 42.7 Å². The van der Waals surface area contributed by atoms with E-state index >= 15 is 0 Å². The molecule has 1 aliphatic rings. The molecule has 0 unspecified atom stereocenters. The molecule has 1 aromatic carbocycles. The maximum Gasteiger partial charge on any atom is 0.244 e. The highest BCUT2D eigenvalue weighted by Gasteiger charge is 2.25. The Bertz CT molecular complexity index is 1240. The summed E-state index contributed by atoms with van der Waals surface area (Å²) < 4.78 is 34.1. The van der Waals surface area contributed by atoms with Crippen molar-refractivity contribution in [3.63, 3.8) is 0 Å². The Labute approximate surface area is 197 Å². The van der Waals surface area contributed by atoms with Crippen LogP contribution in [0, 0.1) is 12.8 Å². The molecule has 174 valence electrons. The first kappa shape index (κ1) is 23.3. The van der Waals surface area contributed by atoms with Gasteiger partial charge >= 0.3 is 0 Å². The number of thiazole rings is 1. The van der Waals surface area contributed by atoms with Gasteiger partial charge in [0.25, 0.3) is 0 Å². The molecule has 0 aliphatic heterocycles. The quantitative estimate of drug-likeness (QED) is 0.495. The summed E-state index contributed by atoms with van der Waals surface area (Å²) >= 11 is 1.34. The van der Waals surface area contributed by atoms with Gasteiger partial charge in [-0.2, -0.15) is 0 Å². The molecule has 33 heavy (non-hydrogen) atoms. The van der Waals surface area contributed by atoms with Gasteiger partial charge in [0.1, 0.15) is 10.6 Å². The van der Waals surface area contributed by atoms with Crippen molar-refractivity contribution in [2.45, 2.75) is 44.0 Å². The minimum atomic E-state index is -3.85. The van der Waals surface area contributed by atoms with Crippen molar-refractivity contribution in [2.75, 3.05) is 12.4 Å². The second-order valence-electron chi connectivity index (χ2n) is 7.95. The van der Waals surface area contributed by atoms with Crippen molar-refractivity contribution in [1.82, 2.24) is 14.7 Å². The number of carbonyl (C=O) groups excluding carboxylic acids is 1. The molecule has 1 aliphatic carbocycles. The van der Waals surface area contributed by atoms with Crippen molar-refractivity contribution in [2.24, 2.45) is 5.92 Å². The van der Waals surface area contributed by atoms with Crippen molar-refractivity contribution >= 4 is 32.4 Å². The van der Waals surface area contributed by atoms with Crippen LogP contribution in [-0.4, -0.2) is 31.4 Å². The normalized spacial score (nSPS) is 14.4. The minimum Gasteiger partial charge on any atom is -0.495 e. The van der Waals surface area contributed by atoms with Crippen LogP contribution in [0.25, 0.3) is 10.4 Å². The third-order valence-electron chi connectivity index (χ3n) is 5.68. The number of aryl methyl sites for hydroxylation is 1. The van der Waals surface area contributed by atoms with E-state index in [0.717, 1.165) is 41.8 Å². The van der Waals surface area contributed by atoms with E-state index in [1.807, 2.05) is 6.92 Å². The van der Waals surface area contributed by atoms with E-state index in [1.165, 1.54) is 18.4 Å². The predicted octanol–water partition coefficient (Wildman–Crippen LogP) is 4.13. The van der Waals surface area contributed by atoms with Gasteiger partial charge in [-0.05, 0) is 61.2 Å². The molecule has 0 spiro atoms. The summed E-state index contributed by atoms with van der Waals surface area (Å²) in [7, 11) is -2.41. The number of anilines is 1. The molecule has 10 heteroatoms. The average molecular weight is 487 g/mol. The monoisotopic (exact) mass is 486 g/mol. The number of carbonyl (C=O) groups is 1. The summed E-state index contributed by atoms with van der Waals surface area (Å²) in [5.74, 6) is 0.297. The van der Waals surface area contributed by atoms with Crippen molar-refractivity contribution < 1.29 is 17.9 Å². The van der Waals surface area contributed by atoms with Gasteiger partial charge in [-0.15, -0.1) is 0 Å². The number of hydrogen-bond donors (Lipinski definition) is 2. The van der Waals surface area contributed by atoms with Gasteiger partial charge in [0.2, 0.25) is 15.9 Å². The lowest BCUT2D eigenvalue weighted by Crippen LogP contribution is -2.23. The molecule has 8 nitrogen and oxygen atoms in total. The Kier molecular flexibility index (Phi) is 7.06. The zero-order valence-electron chi connectivity index (χ0n) is 18.5. The number of nitrogens with zero attached hydrogens (tertiary/aromatic N) is 2. The van der Waals surface area contributed by atoms with Gasteiger partial charge in [-0.3, -0.25) is 9.78 Å². The molecule has 1 fully saturated rings. The van der Waals surface area contributed by atoms with E-state index in [2.05, 4.69) is 20.0 Å². The fourth-order valence-electron chi connectivity index (χ4n) is 3.90. The van der Waals surface area contributed by atoms with Crippen molar-refractivity contribution in [3.8, 4) is 16.2 Å². The average Bonchev–Trinajstić information content (AvgIpc) is 3.48. The molecule has 2 aromatic heterocycles. The number of hydrogen-bond acceptors (Lipinski definition) is 7. The second kappa shape index (κ2) is 9.98. The first-order valence-electron chi connectivity index (χ1n) is 10.7. The lowest BCUT2D eigenvalue weighted by molar-refractivity contribution is -0.119. The lowest BCUT2D eigenvalue weighted by atomic mass is 10.1. The maximum absolute atomic E-state index is 13.1. The number of ether oxygens (including phenoxy) is 1. The summed E-state index contributed by atoms with van der Waals surface area (Å²) in [5.41, 5.74) is 2.21. The number of rotatable bonds is 8. The summed E-state index contributed by atoms with van der Waals surface area (Å²) in [6.45, 7) is 1.98. The van der Waals surface area contributed by atoms with Crippen LogP contribution in [0.3, 0.4) is 0 Å². The molecule has 3 aromatic rings. The number of benzene rings is 1. The Balaban J connectivity index is 1.58. The second-order valence-corrected chi connectivity index (χ2v) is 10.7. The SMILES string of the molecule is COc1ccc(-c2sc(NC(=O)C3CCCC3)nc2C)cc1S(=O)(=O)NCc1ccncc1. The van der Waals surface area contributed by atoms with Gasteiger partial charge in [0, 0.05) is 24.9 Å². The van der Waals surface area contributed by atoms with E-state index < -0.39 is 10.0 Å². The molecule has 0 radical (unpaired) electrons. The zero-order valence-corrected chi connectivity index (χ0v) is 20.1. The van der Waals surface area contributed by atoms with Crippen LogP contribution in [0.2, 0.25) is 0 Å². The zero-order chi connectivity index (χ0) is 23.4. The number of amides is 1. The smallest absolute Gasteiger partial charge is 0.244 e. The highest BCUT2D eigenvalue weighted by atomic mass is 32.2. The molecule has 0 saturated heterocycles. The Hall–Kier alpha value is -2.82. The first-order chi connectivity index (χ1) is 15.9. The Morgan fingerprint density at radius 1 is 1.18 bits per heavy atom. The van der Waals surface area contributed by atoms with Gasteiger partial charge in [0.15, 0.2) is 5.13 Å². The van der Waals surface area contributed by atoms with Crippen LogP contribution in [0.4, 0.5) is 5.13 Å². The van der Waals surface area contributed by atoms with E-state index in [0.29, 0.717) is 10.7 Å². The summed E-state index contributed by atoms with van der Waals surface area (Å²) in [6, 6.07) is 8.50. The van der Waals surface area contributed by atoms with Crippen LogP contribution in [-0.2, 0) is 21.4 Å². The third kappa shape index (κ3) is 5.40. The molecule has 1 amide bonds. The van der Waals surface area contributed by atoms with Crippen LogP contribution >= 0.6 is 11.3 Å². The van der Waals surface area contributed by atoms with Gasteiger partial charge in [-0.25, -0.2) is 18.1 Å². The Morgan fingerprint density at radius 2 is 1.91 bits per heavy atom. The molecular weight excluding hydrogens is 460 g/mol.